The molecule has 17 heavy (non-hydrogen) atoms. The van der Waals surface area contributed by atoms with Gasteiger partial charge < -0.3 is 9.73 Å². The monoisotopic (exact) mass is 295 g/mol. The van der Waals surface area contributed by atoms with Gasteiger partial charge in [0.25, 0.3) is 5.91 Å². The second-order valence-electron chi connectivity index (χ2n) is 4.37. The van der Waals surface area contributed by atoms with Crippen molar-refractivity contribution in [1.29, 1.82) is 0 Å². The zero-order valence-corrected chi connectivity index (χ0v) is 11.4. The lowest BCUT2D eigenvalue weighted by Gasteiger charge is -2.04. The second kappa shape index (κ2) is 4.92. The summed E-state index contributed by atoms with van der Waals surface area (Å²) < 4.78 is 6.43. The first-order chi connectivity index (χ1) is 8.08. The molecule has 0 saturated heterocycles. The molecule has 0 bridgehead atoms. The SMILES string of the molecule is CC(C)CNC(=O)c1cc2c(Br)cccc2o1. The van der Waals surface area contributed by atoms with E-state index in [1.807, 2.05) is 18.2 Å². The lowest BCUT2D eigenvalue weighted by Crippen LogP contribution is -2.26. The van der Waals surface area contributed by atoms with Crippen LogP contribution in [0.5, 0.6) is 0 Å². The minimum Gasteiger partial charge on any atom is -0.451 e. The van der Waals surface area contributed by atoms with E-state index in [4.69, 9.17) is 4.42 Å². The average molecular weight is 296 g/mol. The van der Waals surface area contributed by atoms with Crippen molar-refractivity contribution in [3.8, 4) is 0 Å². The molecule has 0 aliphatic carbocycles. The molecule has 2 rings (SSSR count). The maximum Gasteiger partial charge on any atom is 0.287 e. The van der Waals surface area contributed by atoms with Crippen LogP contribution in [0.4, 0.5) is 0 Å². The fraction of sp³-hybridized carbons (Fsp3) is 0.308. The standard InChI is InChI=1S/C13H14BrNO2/c1-8(2)7-15-13(16)12-6-9-10(14)4-3-5-11(9)17-12/h3-6,8H,7H2,1-2H3,(H,15,16). The van der Waals surface area contributed by atoms with Crippen molar-refractivity contribution in [3.05, 3.63) is 34.5 Å². The molecule has 0 atom stereocenters. The maximum atomic E-state index is 11.8. The molecule has 0 spiro atoms. The van der Waals surface area contributed by atoms with Crippen LogP contribution in [-0.2, 0) is 0 Å². The molecule has 2 aromatic rings. The Labute approximate surface area is 108 Å². The molecule has 1 aromatic carbocycles. The van der Waals surface area contributed by atoms with Gasteiger partial charge in [-0.1, -0.05) is 35.8 Å². The number of furan rings is 1. The Balaban J connectivity index is 2.24. The number of carbonyl (C=O) groups excluding carboxylic acids is 1. The molecule has 0 saturated carbocycles. The van der Waals surface area contributed by atoms with E-state index < -0.39 is 0 Å². The summed E-state index contributed by atoms with van der Waals surface area (Å²) in [7, 11) is 0. The highest BCUT2D eigenvalue weighted by atomic mass is 79.9. The van der Waals surface area contributed by atoms with Gasteiger partial charge in [-0.3, -0.25) is 4.79 Å². The van der Waals surface area contributed by atoms with Gasteiger partial charge in [-0.05, 0) is 24.1 Å². The van der Waals surface area contributed by atoms with Crippen LogP contribution in [0.3, 0.4) is 0 Å². The van der Waals surface area contributed by atoms with Crippen LogP contribution in [0.25, 0.3) is 11.0 Å². The lowest BCUT2D eigenvalue weighted by molar-refractivity contribution is 0.0923. The molecule has 90 valence electrons. The highest BCUT2D eigenvalue weighted by molar-refractivity contribution is 9.10. The molecule has 0 aliphatic heterocycles. The maximum absolute atomic E-state index is 11.8. The second-order valence-corrected chi connectivity index (χ2v) is 5.22. The van der Waals surface area contributed by atoms with Gasteiger partial charge in [0, 0.05) is 16.4 Å². The van der Waals surface area contributed by atoms with E-state index in [9.17, 15) is 4.79 Å². The third-order valence-electron chi connectivity index (χ3n) is 2.40. The molecule has 0 unspecified atom stereocenters. The molecule has 3 nitrogen and oxygen atoms in total. The van der Waals surface area contributed by atoms with E-state index in [0.29, 0.717) is 23.8 Å². The number of hydrogen-bond donors (Lipinski definition) is 1. The van der Waals surface area contributed by atoms with Crippen molar-refractivity contribution in [2.45, 2.75) is 13.8 Å². The van der Waals surface area contributed by atoms with E-state index in [1.165, 1.54) is 0 Å². The van der Waals surface area contributed by atoms with Crippen molar-refractivity contribution in [3.63, 3.8) is 0 Å². The van der Waals surface area contributed by atoms with Gasteiger partial charge in [0.2, 0.25) is 0 Å². The highest BCUT2D eigenvalue weighted by Gasteiger charge is 2.13. The van der Waals surface area contributed by atoms with Gasteiger partial charge in [0.05, 0.1) is 0 Å². The van der Waals surface area contributed by atoms with Crippen LogP contribution in [0, 0.1) is 5.92 Å². The summed E-state index contributed by atoms with van der Waals surface area (Å²) >= 11 is 3.43. The van der Waals surface area contributed by atoms with Crippen LogP contribution >= 0.6 is 15.9 Å². The van der Waals surface area contributed by atoms with Gasteiger partial charge >= 0.3 is 0 Å². The van der Waals surface area contributed by atoms with Crippen molar-refractivity contribution in [2.75, 3.05) is 6.54 Å². The molecular weight excluding hydrogens is 282 g/mol. The number of benzene rings is 1. The molecule has 0 fully saturated rings. The van der Waals surface area contributed by atoms with Crippen molar-refractivity contribution in [2.24, 2.45) is 5.92 Å². The van der Waals surface area contributed by atoms with Crippen molar-refractivity contribution >= 4 is 32.8 Å². The van der Waals surface area contributed by atoms with Gasteiger partial charge in [-0.15, -0.1) is 0 Å². The average Bonchev–Trinajstić information content (AvgIpc) is 2.71. The summed E-state index contributed by atoms with van der Waals surface area (Å²) in [6.45, 7) is 4.75. The van der Waals surface area contributed by atoms with Crippen molar-refractivity contribution in [1.82, 2.24) is 5.32 Å². The Morgan fingerprint density at radius 1 is 1.47 bits per heavy atom. The minimum absolute atomic E-state index is 0.165. The van der Waals surface area contributed by atoms with E-state index in [1.54, 1.807) is 6.07 Å². The van der Waals surface area contributed by atoms with E-state index >= 15 is 0 Å². The van der Waals surface area contributed by atoms with E-state index in [2.05, 4.69) is 35.1 Å². The predicted octanol–water partition coefficient (Wildman–Crippen LogP) is 3.58. The Kier molecular flexibility index (Phi) is 3.52. The topological polar surface area (TPSA) is 42.2 Å². The molecular formula is C13H14BrNO2. The summed E-state index contributed by atoms with van der Waals surface area (Å²) in [5.41, 5.74) is 0.717. The normalized spacial score (nSPS) is 11.1. The summed E-state index contributed by atoms with van der Waals surface area (Å²) in [6, 6.07) is 7.41. The van der Waals surface area contributed by atoms with Crippen LogP contribution in [0.1, 0.15) is 24.4 Å². The Hall–Kier alpha value is -1.29. The molecule has 0 radical (unpaired) electrons. The zero-order valence-electron chi connectivity index (χ0n) is 9.79. The highest BCUT2D eigenvalue weighted by Crippen LogP contribution is 2.26. The minimum atomic E-state index is -0.165. The number of rotatable bonds is 3. The smallest absolute Gasteiger partial charge is 0.287 e. The van der Waals surface area contributed by atoms with Crippen LogP contribution in [0.15, 0.2) is 33.2 Å². The first kappa shape index (κ1) is 12.2. The first-order valence-corrected chi connectivity index (χ1v) is 6.33. The molecule has 1 amide bonds. The Bertz CT molecular complexity index is 545. The first-order valence-electron chi connectivity index (χ1n) is 5.54. The number of carbonyl (C=O) groups is 1. The third kappa shape index (κ3) is 2.69. The van der Waals surface area contributed by atoms with Gasteiger partial charge in [0.15, 0.2) is 5.76 Å². The predicted molar refractivity (Wildman–Crippen MR) is 71.1 cm³/mol. The number of hydrogen-bond acceptors (Lipinski definition) is 2. The summed E-state index contributed by atoms with van der Waals surface area (Å²) in [4.78, 5) is 11.8. The molecule has 0 aliphatic rings. The summed E-state index contributed by atoms with van der Waals surface area (Å²) in [5.74, 6) is 0.615. The molecule has 4 heteroatoms. The van der Waals surface area contributed by atoms with Crippen LogP contribution in [-0.4, -0.2) is 12.5 Å². The van der Waals surface area contributed by atoms with Crippen LogP contribution < -0.4 is 5.32 Å². The third-order valence-corrected chi connectivity index (χ3v) is 3.09. The Morgan fingerprint density at radius 3 is 2.88 bits per heavy atom. The number of fused-ring (bicyclic) bond motifs is 1. The number of nitrogens with one attached hydrogen (secondary N) is 1. The fourth-order valence-electron chi connectivity index (χ4n) is 1.52. The Morgan fingerprint density at radius 2 is 2.24 bits per heavy atom. The summed E-state index contributed by atoms with van der Waals surface area (Å²) in [6.07, 6.45) is 0. The molecule has 1 heterocycles. The molecule has 1 N–H and O–H groups in total. The number of halogens is 1. The fourth-order valence-corrected chi connectivity index (χ4v) is 1.98. The largest absolute Gasteiger partial charge is 0.451 e. The van der Waals surface area contributed by atoms with Crippen molar-refractivity contribution < 1.29 is 9.21 Å². The zero-order chi connectivity index (χ0) is 12.4. The number of amides is 1. The van der Waals surface area contributed by atoms with Gasteiger partial charge in [-0.2, -0.15) is 0 Å². The van der Waals surface area contributed by atoms with Gasteiger partial charge in [-0.25, -0.2) is 0 Å². The van der Waals surface area contributed by atoms with Gasteiger partial charge in [0.1, 0.15) is 5.58 Å². The van der Waals surface area contributed by atoms with Crippen LogP contribution in [0.2, 0.25) is 0 Å². The molecule has 1 aromatic heterocycles. The van der Waals surface area contributed by atoms with E-state index in [0.717, 1.165) is 9.86 Å². The quantitative estimate of drug-likeness (QED) is 0.940. The lowest BCUT2D eigenvalue weighted by atomic mass is 10.2. The summed E-state index contributed by atoms with van der Waals surface area (Å²) in [5, 5.41) is 3.75. The van der Waals surface area contributed by atoms with E-state index in [-0.39, 0.29) is 5.91 Å².